The van der Waals surface area contributed by atoms with E-state index in [2.05, 4.69) is 9.58 Å². The quantitative estimate of drug-likeness (QED) is 0.681. The van der Waals surface area contributed by atoms with Crippen LogP contribution in [0.1, 0.15) is 29.1 Å². The maximum Gasteiger partial charge on any atom is 0.387 e. The van der Waals surface area contributed by atoms with Crippen molar-refractivity contribution >= 4 is 28.3 Å². The molecule has 0 spiro atoms. The Morgan fingerprint density at radius 1 is 1.35 bits per heavy atom. The fraction of sp³-hybridized carbons (Fsp3) is 0.462. The molecule has 0 aliphatic heterocycles. The van der Waals surface area contributed by atoms with Gasteiger partial charge in [-0.1, -0.05) is 0 Å². The van der Waals surface area contributed by atoms with E-state index in [0.29, 0.717) is 23.8 Å². The van der Waals surface area contributed by atoms with Gasteiger partial charge in [0.15, 0.2) is 0 Å². The van der Waals surface area contributed by atoms with Crippen LogP contribution in [0.3, 0.4) is 0 Å². The van der Waals surface area contributed by atoms with Crippen LogP contribution in [0.2, 0.25) is 0 Å². The van der Waals surface area contributed by atoms with E-state index in [9.17, 15) is 9.59 Å². The molecule has 0 unspecified atom stereocenters. The summed E-state index contributed by atoms with van der Waals surface area (Å²) in [7, 11) is 0. The van der Waals surface area contributed by atoms with Crippen LogP contribution >= 0.6 is 11.3 Å². The number of esters is 2. The predicted octanol–water partition coefficient (Wildman–Crippen LogP) is 2.28. The first-order valence-corrected chi connectivity index (χ1v) is 6.79. The summed E-state index contributed by atoms with van der Waals surface area (Å²) in [5.74, 6) is -0.776. The van der Waals surface area contributed by atoms with Crippen LogP contribution in [0, 0.1) is 13.5 Å². The molecule has 0 amide bonds. The zero-order chi connectivity index (χ0) is 15.5. The molecule has 0 radical (unpaired) electrons. The van der Waals surface area contributed by atoms with Crippen molar-refractivity contribution in [1.82, 2.24) is 0 Å². The Hall–Kier alpha value is -2.07. The van der Waals surface area contributed by atoms with Crippen molar-refractivity contribution in [1.29, 1.82) is 0 Å². The normalized spacial score (nSPS) is 8.90. The summed E-state index contributed by atoms with van der Waals surface area (Å²) in [5.41, 5.74) is 6.08. The van der Waals surface area contributed by atoms with Crippen LogP contribution in [0.4, 0.5) is 5.00 Å². The minimum absolute atomic E-state index is 0.159. The number of nitrogens with two attached hydrogens (primary N) is 1. The summed E-state index contributed by atoms with van der Waals surface area (Å²) in [6.07, 6.45) is 0. The topological polar surface area (TPSA) is 83.0 Å². The van der Waals surface area contributed by atoms with Gasteiger partial charge in [-0.15, -0.1) is 11.3 Å². The summed E-state index contributed by atoms with van der Waals surface area (Å²) >= 11 is 1.40. The van der Waals surface area contributed by atoms with Gasteiger partial charge < -0.3 is 20.1 Å². The van der Waals surface area contributed by atoms with E-state index in [0.717, 1.165) is 4.88 Å². The molecule has 0 bridgehead atoms. The molecular formula is C13H18N2O4S. The monoisotopic (exact) mass is 298 g/mol. The molecule has 0 fully saturated rings. The Balaban J connectivity index is 0.000000396. The van der Waals surface area contributed by atoms with Crippen LogP contribution in [0.25, 0.3) is 4.85 Å². The fourth-order valence-electron chi connectivity index (χ4n) is 1.17. The summed E-state index contributed by atoms with van der Waals surface area (Å²) in [6, 6.07) is 1.75. The van der Waals surface area contributed by atoms with Crippen LogP contribution in [-0.2, 0) is 14.3 Å². The molecule has 0 aromatic carbocycles. The largest absolute Gasteiger partial charge is 0.462 e. The SMILES string of the molecule is CCOC(=O)c1cc(C)sc1N.[C-]#[N+]CC(=O)OCC. The zero-order valence-electron chi connectivity index (χ0n) is 11.8. The number of thiophene rings is 1. The van der Waals surface area contributed by atoms with Crippen molar-refractivity contribution in [2.45, 2.75) is 20.8 Å². The maximum absolute atomic E-state index is 11.2. The molecule has 0 saturated heterocycles. The molecule has 6 nitrogen and oxygen atoms in total. The van der Waals surface area contributed by atoms with E-state index in [1.807, 2.05) is 6.92 Å². The van der Waals surface area contributed by atoms with Crippen molar-refractivity contribution in [3.8, 4) is 0 Å². The fourth-order valence-corrected chi connectivity index (χ4v) is 1.95. The Labute approximate surface area is 122 Å². The highest BCUT2D eigenvalue weighted by molar-refractivity contribution is 7.16. The van der Waals surface area contributed by atoms with Gasteiger partial charge in [-0.25, -0.2) is 16.2 Å². The molecule has 2 N–H and O–H groups in total. The van der Waals surface area contributed by atoms with Gasteiger partial charge >= 0.3 is 18.5 Å². The average molecular weight is 298 g/mol. The molecule has 110 valence electrons. The number of rotatable bonds is 4. The van der Waals surface area contributed by atoms with Crippen LogP contribution in [0.15, 0.2) is 6.07 Å². The molecule has 7 heteroatoms. The number of carbonyl (C=O) groups is 2. The molecule has 0 atom stereocenters. The van der Waals surface area contributed by atoms with Crippen LogP contribution < -0.4 is 5.73 Å². The van der Waals surface area contributed by atoms with Gasteiger partial charge in [0.25, 0.3) is 0 Å². The molecular weight excluding hydrogens is 280 g/mol. The van der Waals surface area contributed by atoms with E-state index in [4.69, 9.17) is 17.0 Å². The van der Waals surface area contributed by atoms with E-state index in [1.54, 1.807) is 19.9 Å². The summed E-state index contributed by atoms with van der Waals surface area (Å²) in [6.45, 7) is 12.2. The minimum atomic E-state index is -0.442. The van der Waals surface area contributed by atoms with Gasteiger partial charge in [0, 0.05) is 4.88 Å². The third-order valence-corrected chi connectivity index (χ3v) is 2.77. The van der Waals surface area contributed by atoms with E-state index in [1.165, 1.54) is 11.3 Å². The van der Waals surface area contributed by atoms with E-state index >= 15 is 0 Å². The highest BCUT2D eigenvalue weighted by atomic mass is 32.1. The van der Waals surface area contributed by atoms with Gasteiger partial charge in [0.2, 0.25) is 0 Å². The van der Waals surface area contributed by atoms with Crippen molar-refractivity contribution in [3.05, 3.63) is 27.9 Å². The van der Waals surface area contributed by atoms with Crippen molar-refractivity contribution in [2.75, 3.05) is 25.5 Å². The first kappa shape index (κ1) is 17.9. The molecule has 0 aliphatic rings. The van der Waals surface area contributed by atoms with Gasteiger partial charge in [0.05, 0.1) is 18.8 Å². The second-order valence-electron chi connectivity index (χ2n) is 3.48. The van der Waals surface area contributed by atoms with E-state index in [-0.39, 0.29) is 12.5 Å². The number of aryl methyl sites for hydroxylation is 1. The first-order valence-electron chi connectivity index (χ1n) is 5.98. The molecule has 1 aromatic rings. The lowest BCUT2D eigenvalue weighted by atomic mass is 10.3. The highest BCUT2D eigenvalue weighted by Crippen LogP contribution is 2.24. The molecule has 0 saturated carbocycles. The third-order valence-electron chi connectivity index (χ3n) is 1.89. The molecule has 20 heavy (non-hydrogen) atoms. The number of hydrogen-bond acceptors (Lipinski definition) is 6. The Morgan fingerprint density at radius 2 is 1.95 bits per heavy atom. The number of nitrogen functional groups attached to an aromatic ring is 1. The highest BCUT2D eigenvalue weighted by Gasteiger charge is 2.12. The van der Waals surface area contributed by atoms with Gasteiger partial charge in [-0.3, -0.25) is 0 Å². The first-order chi connectivity index (χ1) is 9.46. The van der Waals surface area contributed by atoms with Crippen molar-refractivity contribution in [2.24, 2.45) is 0 Å². The number of nitrogens with zero attached hydrogens (tertiary/aromatic N) is 1. The summed E-state index contributed by atoms with van der Waals surface area (Å²) in [4.78, 5) is 25.2. The third kappa shape index (κ3) is 6.75. The predicted molar refractivity (Wildman–Crippen MR) is 77.5 cm³/mol. The van der Waals surface area contributed by atoms with Crippen LogP contribution in [0.5, 0.6) is 0 Å². The van der Waals surface area contributed by atoms with Gasteiger partial charge in [-0.05, 0) is 26.8 Å². The van der Waals surface area contributed by atoms with Gasteiger partial charge in [-0.2, -0.15) is 0 Å². The number of carbonyl (C=O) groups excluding carboxylic acids is 2. The van der Waals surface area contributed by atoms with Gasteiger partial charge in [0.1, 0.15) is 5.00 Å². The van der Waals surface area contributed by atoms with Crippen molar-refractivity contribution < 1.29 is 19.1 Å². The van der Waals surface area contributed by atoms with Crippen LogP contribution in [-0.4, -0.2) is 31.7 Å². The average Bonchev–Trinajstić information content (AvgIpc) is 2.70. The number of ether oxygens (including phenoxy) is 2. The maximum atomic E-state index is 11.2. The summed E-state index contributed by atoms with van der Waals surface area (Å²) < 4.78 is 9.24. The smallest absolute Gasteiger partial charge is 0.387 e. The lowest BCUT2D eigenvalue weighted by Gasteiger charge is -1.98. The number of hydrogen-bond donors (Lipinski definition) is 1. The Morgan fingerprint density at radius 3 is 2.35 bits per heavy atom. The lowest BCUT2D eigenvalue weighted by Crippen LogP contribution is -2.05. The second-order valence-corrected chi connectivity index (χ2v) is 4.76. The Kier molecular flexibility index (Phi) is 8.79. The summed E-state index contributed by atoms with van der Waals surface area (Å²) in [5, 5.41) is 0.533. The molecule has 1 heterocycles. The lowest BCUT2D eigenvalue weighted by molar-refractivity contribution is -0.140. The van der Waals surface area contributed by atoms with Crippen molar-refractivity contribution in [3.63, 3.8) is 0 Å². The molecule has 1 rings (SSSR count). The minimum Gasteiger partial charge on any atom is -0.462 e. The second kappa shape index (κ2) is 9.81. The number of anilines is 1. The zero-order valence-corrected chi connectivity index (χ0v) is 12.6. The standard InChI is InChI=1S/C8H11NO2S.C5H7NO2/c1-3-11-8(10)6-4-5(2)12-7(6)9;1-3-8-5(7)4-6-2/h4H,3,9H2,1-2H3;3-4H2,1H3. The Bertz CT molecular complexity index is 491. The molecule has 0 aliphatic carbocycles. The van der Waals surface area contributed by atoms with E-state index < -0.39 is 5.97 Å². The molecule has 1 aromatic heterocycles.